The SMILES string of the molecule is CSc1ccccc1Cn1c(C)cc(OCc2ccccc2CNC(=O)Nc2cc(C(C)(C)C)nn2-c2cccc(O[Si](C)(C)C(C)(C)C)c2)c(C)c1=O. The van der Waals surface area contributed by atoms with E-state index in [1.807, 2.05) is 86.0 Å². The van der Waals surface area contributed by atoms with E-state index in [0.29, 0.717) is 23.7 Å². The molecule has 2 amide bonds. The lowest BCUT2D eigenvalue weighted by Gasteiger charge is -2.36. The minimum atomic E-state index is -2.07. The van der Waals surface area contributed by atoms with Gasteiger partial charge in [-0.3, -0.25) is 10.1 Å². The summed E-state index contributed by atoms with van der Waals surface area (Å²) in [7, 11) is -2.07. The number of rotatable bonds is 12. The van der Waals surface area contributed by atoms with Crippen molar-refractivity contribution in [3.05, 3.63) is 129 Å². The van der Waals surface area contributed by atoms with Crippen LogP contribution in [0.3, 0.4) is 0 Å². The molecule has 0 saturated heterocycles. The van der Waals surface area contributed by atoms with Crippen molar-refractivity contribution in [2.75, 3.05) is 11.6 Å². The largest absolute Gasteiger partial charge is 0.543 e. The smallest absolute Gasteiger partial charge is 0.320 e. The van der Waals surface area contributed by atoms with E-state index < -0.39 is 8.32 Å². The second kappa shape index (κ2) is 16.3. The third-order valence-electron chi connectivity index (χ3n) is 10.1. The Morgan fingerprint density at radius 1 is 0.870 bits per heavy atom. The molecule has 11 heteroatoms. The number of ether oxygens (including phenoxy) is 1. The van der Waals surface area contributed by atoms with Crippen LogP contribution in [0.15, 0.2) is 94.6 Å². The first-order valence-electron chi connectivity index (χ1n) is 18.4. The Bertz CT molecular complexity index is 2180. The predicted octanol–water partition coefficient (Wildman–Crippen LogP) is 10.0. The van der Waals surface area contributed by atoms with Crippen molar-refractivity contribution < 1.29 is 14.0 Å². The molecule has 9 nitrogen and oxygen atoms in total. The van der Waals surface area contributed by atoms with Crippen molar-refractivity contribution in [3.63, 3.8) is 0 Å². The van der Waals surface area contributed by atoms with E-state index in [4.69, 9.17) is 14.3 Å². The van der Waals surface area contributed by atoms with Crippen molar-refractivity contribution in [1.29, 1.82) is 0 Å². The van der Waals surface area contributed by atoms with Gasteiger partial charge in [0.1, 0.15) is 23.9 Å². The minimum absolute atomic E-state index is 0.0495. The van der Waals surface area contributed by atoms with Crippen LogP contribution in [0.5, 0.6) is 11.5 Å². The molecule has 0 bridgehead atoms. The molecule has 3 aromatic carbocycles. The molecule has 2 heterocycles. The minimum Gasteiger partial charge on any atom is -0.543 e. The number of hydrogen-bond acceptors (Lipinski definition) is 6. The molecule has 5 rings (SSSR count). The van der Waals surface area contributed by atoms with Crippen molar-refractivity contribution in [2.45, 2.75) is 104 Å². The number of aromatic nitrogens is 3. The van der Waals surface area contributed by atoms with E-state index in [9.17, 15) is 9.59 Å². The van der Waals surface area contributed by atoms with Gasteiger partial charge < -0.3 is 19.0 Å². The maximum atomic E-state index is 13.5. The summed E-state index contributed by atoms with van der Waals surface area (Å²) in [6.45, 7) is 22.1. The van der Waals surface area contributed by atoms with Gasteiger partial charge in [0.25, 0.3) is 5.56 Å². The highest BCUT2D eigenvalue weighted by Crippen LogP contribution is 2.38. The molecule has 0 aliphatic heterocycles. The van der Waals surface area contributed by atoms with Gasteiger partial charge in [-0.1, -0.05) is 90.1 Å². The Labute approximate surface area is 325 Å². The van der Waals surface area contributed by atoms with Gasteiger partial charge in [0.2, 0.25) is 8.32 Å². The number of hydrogen-bond donors (Lipinski definition) is 2. The third kappa shape index (κ3) is 9.48. The number of carbonyl (C=O) groups is 1. The molecular formula is C43H55N5O4SSi. The Hall–Kier alpha value is -4.74. The van der Waals surface area contributed by atoms with E-state index in [2.05, 4.69) is 77.4 Å². The number of nitrogens with zero attached hydrogens (tertiary/aromatic N) is 3. The zero-order valence-corrected chi connectivity index (χ0v) is 35.4. The van der Waals surface area contributed by atoms with Gasteiger partial charge in [-0.2, -0.15) is 5.10 Å². The van der Waals surface area contributed by atoms with E-state index in [1.165, 1.54) is 0 Å². The lowest BCUT2D eigenvalue weighted by atomic mass is 9.92. The number of amides is 2. The first kappa shape index (κ1) is 40.4. The average molecular weight is 766 g/mol. The van der Waals surface area contributed by atoms with Gasteiger partial charge in [-0.15, -0.1) is 11.8 Å². The monoisotopic (exact) mass is 765 g/mol. The number of anilines is 1. The number of urea groups is 1. The van der Waals surface area contributed by atoms with E-state index in [-0.39, 0.29) is 35.2 Å². The second-order valence-corrected chi connectivity index (χ2v) is 21.9. The molecule has 0 atom stereocenters. The first-order chi connectivity index (χ1) is 25.4. The normalized spacial score (nSPS) is 12.1. The number of pyridine rings is 1. The Kier molecular flexibility index (Phi) is 12.2. The van der Waals surface area contributed by atoms with Gasteiger partial charge in [-0.05, 0) is 79.2 Å². The molecule has 0 aliphatic carbocycles. The number of aryl methyl sites for hydroxylation is 1. The Morgan fingerprint density at radius 3 is 2.20 bits per heavy atom. The van der Waals surface area contributed by atoms with Crippen LogP contribution < -0.4 is 25.4 Å². The highest BCUT2D eigenvalue weighted by molar-refractivity contribution is 7.98. The summed E-state index contributed by atoms with van der Waals surface area (Å²) >= 11 is 1.67. The van der Waals surface area contributed by atoms with Gasteiger partial charge in [0, 0.05) is 34.7 Å². The zero-order valence-electron chi connectivity index (χ0n) is 33.6. The number of nitrogens with one attached hydrogen (secondary N) is 2. The van der Waals surface area contributed by atoms with Crippen LogP contribution in [0.4, 0.5) is 10.6 Å². The maximum absolute atomic E-state index is 13.5. The standard InChI is InChI=1S/C43H55N5O4SSi/c1-29-23-36(30(2)40(49)47(29)27-32-18-14-15-22-37(32)53-9)51-28-33-19-13-12-17-31(33)26-44-41(50)45-39-25-38(42(3,4)5)46-48(39)34-20-16-21-35(24-34)52-54(10,11)43(6,7)8/h12-25H,26-28H2,1-11H3,(H2,44,45,50). The number of benzene rings is 3. The molecule has 2 N–H and O–H groups in total. The summed E-state index contributed by atoms with van der Waals surface area (Å²) in [5.41, 5.74) is 5.63. The molecule has 2 aromatic heterocycles. The summed E-state index contributed by atoms with van der Waals surface area (Å²) in [5.74, 6) is 1.88. The van der Waals surface area contributed by atoms with Crippen LogP contribution in [0.1, 0.15) is 75.2 Å². The van der Waals surface area contributed by atoms with Crippen LogP contribution in [-0.2, 0) is 25.1 Å². The lowest BCUT2D eigenvalue weighted by Crippen LogP contribution is -2.43. The highest BCUT2D eigenvalue weighted by atomic mass is 32.2. The van der Waals surface area contributed by atoms with E-state index in [0.717, 1.165) is 44.4 Å². The third-order valence-corrected chi connectivity index (χ3v) is 15.3. The van der Waals surface area contributed by atoms with Crippen LogP contribution in [-0.4, -0.2) is 35.0 Å². The highest BCUT2D eigenvalue weighted by Gasteiger charge is 2.39. The van der Waals surface area contributed by atoms with Crippen molar-refractivity contribution in [2.24, 2.45) is 0 Å². The lowest BCUT2D eigenvalue weighted by molar-refractivity contribution is 0.251. The molecule has 0 fully saturated rings. The van der Waals surface area contributed by atoms with Crippen LogP contribution >= 0.6 is 11.8 Å². The van der Waals surface area contributed by atoms with Crippen LogP contribution in [0.25, 0.3) is 5.69 Å². The van der Waals surface area contributed by atoms with Gasteiger partial charge in [0.05, 0.1) is 23.5 Å². The molecular weight excluding hydrogens is 711 g/mol. The fourth-order valence-electron chi connectivity index (χ4n) is 5.72. The Morgan fingerprint density at radius 2 is 1.54 bits per heavy atom. The number of carbonyl (C=O) groups excluding carboxylic acids is 1. The van der Waals surface area contributed by atoms with Gasteiger partial charge >= 0.3 is 6.03 Å². The molecule has 286 valence electrons. The molecule has 54 heavy (non-hydrogen) atoms. The number of thioether (sulfide) groups is 1. The first-order valence-corrected chi connectivity index (χ1v) is 22.5. The summed E-state index contributed by atoms with van der Waals surface area (Å²) < 4.78 is 16.4. The van der Waals surface area contributed by atoms with Crippen molar-refractivity contribution >= 4 is 31.9 Å². The van der Waals surface area contributed by atoms with Crippen molar-refractivity contribution in [1.82, 2.24) is 19.7 Å². The molecule has 0 saturated carbocycles. The maximum Gasteiger partial charge on any atom is 0.320 e. The summed E-state index contributed by atoms with van der Waals surface area (Å²) in [5, 5.41) is 11.0. The van der Waals surface area contributed by atoms with Gasteiger partial charge in [0.15, 0.2) is 0 Å². The molecule has 0 spiro atoms. The van der Waals surface area contributed by atoms with Crippen LogP contribution in [0, 0.1) is 13.8 Å². The zero-order chi connectivity index (χ0) is 39.4. The molecule has 5 aromatic rings. The van der Waals surface area contributed by atoms with Crippen molar-refractivity contribution in [3.8, 4) is 17.2 Å². The molecule has 0 radical (unpaired) electrons. The Balaban J connectivity index is 1.29. The van der Waals surface area contributed by atoms with E-state index >= 15 is 0 Å². The second-order valence-electron chi connectivity index (χ2n) is 16.3. The fourth-order valence-corrected chi connectivity index (χ4v) is 7.35. The van der Waals surface area contributed by atoms with Gasteiger partial charge in [-0.25, -0.2) is 9.48 Å². The fraction of sp³-hybridized carbons (Fsp3) is 0.372. The summed E-state index contributed by atoms with van der Waals surface area (Å²) in [6, 6.07) is 27.3. The summed E-state index contributed by atoms with van der Waals surface area (Å²) in [6.07, 6.45) is 2.04. The molecule has 0 aliphatic rings. The summed E-state index contributed by atoms with van der Waals surface area (Å²) in [4.78, 5) is 28.1. The topological polar surface area (TPSA) is 99.4 Å². The predicted molar refractivity (Wildman–Crippen MR) is 224 cm³/mol. The van der Waals surface area contributed by atoms with E-state index in [1.54, 1.807) is 27.9 Å². The molecule has 0 unspecified atom stereocenters. The quantitative estimate of drug-likeness (QED) is 0.0970. The average Bonchev–Trinajstić information content (AvgIpc) is 3.54. The van der Waals surface area contributed by atoms with Crippen LogP contribution in [0.2, 0.25) is 18.1 Å².